The van der Waals surface area contributed by atoms with Crippen molar-refractivity contribution in [2.24, 2.45) is 7.05 Å². The number of benzene rings is 1. The van der Waals surface area contributed by atoms with Crippen molar-refractivity contribution in [3.63, 3.8) is 0 Å². The number of thioether (sulfide) groups is 1. The Labute approximate surface area is 120 Å². The first-order valence-electron chi connectivity index (χ1n) is 6.22. The summed E-state index contributed by atoms with van der Waals surface area (Å²) < 4.78 is 1.94. The van der Waals surface area contributed by atoms with Crippen molar-refractivity contribution >= 4 is 40.6 Å². The smallest absolute Gasteiger partial charge is 0.261 e. The van der Waals surface area contributed by atoms with Crippen LogP contribution in [0.4, 0.5) is 5.69 Å². The molecule has 4 nitrogen and oxygen atoms in total. The van der Waals surface area contributed by atoms with E-state index in [1.807, 2.05) is 23.9 Å². The fraction of sp³-hybridized carbons (Fsp3) is 0.385. The van der Waals surface area contributed by atoms with Crippen LogP contribution in [-0.2, 0) is 7.05 Å². The lowest BCUT2D eigenvalue weighted by molar-refractivity contribution is 0.823. The molecule has 1 N–H and O–H groups in total. The molecule has 0 radical (unpaired) electrons. The molecule has 3 rings (SSSR count). The van der Waals surface area contributed by atoms with Crippen LogP contribution in [0.1, 0.15) is 0 Å². The number of rotatable bonds is 1. The molecule has 1 aromatic heterocycles. The molecule has 0 saturated carbocycles. The molecule has 0 unspecified atom stereocenters. The van der Waals surface area contributed by atoms with E-state index in [1.165, 1.54) is 4.57 Å². The van der Waals surface area contributed by atoms with Crippen LogP contribution in [-0.4, -0.2) is 34.1 Å². The minimum Gasteiger partial charge on any atom is -0.370 e. The minimum atomic E-state index is -0.0352. The Balaban J connectivity index is 2.15. The van der Waals surface area contributed by atoms with Gasteiger partial charge in [-0.15, -0.1) is 0 Å². The van der Waals surface area contributed by atoms with Crippen LogP contribution >= 0.6 is 24.0 Å². The van der Waals surface area contributed by atoms with Crippen molar-refractivity contribution in [3.8, 4) is 0 Å². The first-order valence-corrected chi connectivity index (χ1v) is 7.79. The molecular weight excluding hydrogens is 278 g/mol. The maximum atomic E-state index is 12.2. The third-order valence-corrected chi connectivity index (χ3v) is 4.78. The topological polar surface area (TPSA) is 41.0 Å². The zero-order valence-electron chi connectivity index (χ0n) is 10.7. The summed E-state index contributed by atoms with van der Waals surface area (Å²) >= 11 is 7.10. The summed E-state index contributed by atoms with van der Waals surface area (Å²) in [5.41, 5.74) is 1.89. The van der Waals surface area contributed by atoms with Crippen molar-refractivity contribution in [2.45, 2.75) is 0 Å². The predicted molar refractivity (Wildman–Crippen MR) is 83.9 cm³/mol. The number of nitrogens with zero attached hydrogens (tertiary/aromatic N) is 2. The van der Waals surface area contributed by atoms with Gasteiger partial charge >= 0.3 is 0 Å². The summed E-state index contributed by atoms with van der Waals surface area (Å²) in [4.78, 5) is 17.7. The van der Waals surface area contributed by atoms with Crippen molar-refractivity contribution in [1.82, 2.24) is 9.55 Å². The molecule has 0 spiro atoms. The second-order valence-electron chi connectivity index (χ2n) is 4.62. The van der Waals surface area contributed by atoms with Crippen molar-refractivity contribution in [1.29, 1.82) is 0 Å². The molecule has 2 aromatic rings. The summed E-state index contributed by atoms with van der Waals surface area (Å²) in [7, 11) is 1.70. The highest BCUT2D eigenvalue weighted by Crippen LogP contribution is 2.22. The zero-order valence-corrected chi connectivity index (χ0v) is 12.3. The van der Waals surface area contributed by atoms with Gasteiger partial charge in [0, 0.05) is 37.3 Å². The summed E-state index contributed by atoms with van der Waals surface area (Å²) in [5, 5.41) is 0.701. The molecule has 0 bridgehead atoms. The van der Waals surface area contributed by atoms with Crippen LogP contribution in [0.15, 0.2) is 23.0 Å². The van der Waals surface area contributed by atoms with Gasteiger partial charge in [0.05, 0.1) is 10.9 Å². The molecule has 1 aromatic carbocycles. The molecule has 6 heteroatoms. The summed E-state index contributed by atoms with van der Waals surface area (Å²) in [6.45, 7) is 2.08. The van der Waals surface area contributed by atoms with E-state index in [4.69, 9.17) is 12.2 Å². The van der Waals surface area contributed by atoms with Crippen LogP contribution in [0.2, 0.25) is 0 Å². The van der Waals surface area contributed by atoms with E-state index in [2.05, 4.69) is 16.0 Å². The van der Waals surface area contributed by atoms with Gasteiger partial charge in [-0.25, -0.2) is 0 Å². The summed E-state index contributed by atoms with van der Waals surface area (Å²) in [6, 6.07) is 5.98. The SMILES string of the molecule is Cn1c(=S)[nH]c2ccc(N3CCSCC3)cc2c1=O. The fourth-order valence-corrected chi connectivity index (χ4v) is 3.40. The number of anilines is 1. The van der Waals surface area contributed by atoms with E-state index in [0.717, 1.165) is 35.8 Å². The van der Waals surface area contributed by atoms with E-state index in [9.17, 15) is 4.79 Å². The second-order valence-corrected chi connectivity index (χ2v) is 6.24. The molecule has 1 aliphatic heterocycles. The Morgan fingerprint density at radius 1 is 1.32 bits per heavy atom. The monoisotopic (exact) mass is 293 g/mol. The highest BCUT2D eigenvalue weighted by atomic mass is 32.2. The van der Waals surface area contributed by atoms with Gasteiger partial charge in [0.1, 0.15) is 0 Å². The maximum Gasteiger partial charge on any atom is 0.261 e. The Morgan fingerprint density at radius 2 is 2.05 bits per heavy atom. The van der Waals surface area contributed by atoms with E-state index < -0.39 is 0 Å². The van der Waals surface area contributed by atoms with Crippen LogP contribution in [0, 0.1) is 4.77 Å². The van der Waals surface area contributed by atoms with Crippen molar-refractivity contribution < 1.29 is 0 Å². The van der Waals surface area contributed by atoms with E-state index >= 15 is 0 Å². The molecule has 0 atom stereocenters. The first kappa shape index (κ1) is 12.7. The lowest BCUT2D eigenvalue weighted by Gasteiger charge is -2.28. The number of hydrogen-bond donors (Lipinski definition) is 1. The van der Waals surface area contributed by atoms with Crippen molar-refractivity contribution in [2.75, 3.05) is 29.5 Å². The average molecular weight is 293 g/mol. The van der Waals surface area contributed by atoms with Gasteiger partial charge in [0.15, 0.2) is 4.77 Å². The first-order chi connectivity index (χ1) is 9.16. The molecule has 1 aliphatic rings. The number of nitrogens with one attached hydrogen (secondary N) is 1. The quantitative estimate of drug-likeness (QED) is 0.818. The lowest BCUT2D eigenvalue weighted by atomic mass is 10.2. The van der Waals surface area contributed by atoms with E-state index in [0.29, 0.717) is 10.2 Å². The highest BCUT2D eigenvalue weighted by molar-refractivity contribution is 7.99. The van der Waals surface area contributed by atoms with Gasteiger partial charge < -0.3 is 9.88 Å². The summed E-state index contributed by atoms with van der Waals surface area (Å²) in [5.74, 6) is 2.29. The number of H-pyrrole nitrogens is 1. The van der Waals surface area contributed by atoms with E-state index in [1.54, 1.807) is 7.05 Å². The maximum absolute atomic E-state index is 12.2. The molecule has 0 aliphatic carbocycles. The van der Waals surface area contributed by atoms with Gasteiger partial charge in [0.2, 0.25) is 0 Å². The third-order valence-electron chi connectivity index (χ3n) is 3.46. The zero-order chi connectivity index (χ0) is 13.4. The van der Waals surface area contributed by atoms with E-state index in [-0.39, 0.29) is 5.56 Å². The Kier molecular flexibility index (Phi) is 3.36. The standard InChI is InChI=1S/C13H15N3OS2/c1-15-12(17)10-8-9(16-4-6-19-7-5-16)2-3-11(10)14-13(15)18/h2-3,8H,4-7H2,1H3,(H,14,18). The molecule has 19 heavy (non-hydrogen) atoms. The summed E-state index contributed by atoms with van der Waals surface area (Å²) in [6.07, 6.45) is 0. The number of fused-ring (bicyclic) bond motifs is 1. The van der Waals surface area contributed by atoms with Gasteiger partial charge in [-0.05, 0) is 30.4 Å². The Morgan fingerprint density at radius 3 is 2.79 bits per heavy atom. The van der Waals surface area contributed by atoms with Crippen LogP contribution in [0.25, 0.3) is 10.9 Å². The molecule has 100 valence electrons. The normalized spacial score (nSPS) is 15.9. The minimum absolute atomic E-state index is 0.0352. The highest BCUT2D eigenvalue weighted by Gasteiger charge is 2.12. The fourth-order valence-electron chi connectivity index (χ4n) is 2.31. The lowest BCUT2D eigenvalue weighted by Crippen LogP contribution is -2.32. The molecular formula is C13H15N3OS2. The molecule has 1 fully saturated rings. The van der Waals surface area contributed by atoms with Gasteiger partial charge in [0.25, 0.3) is 5.56 Å². The van der Waals surface area contributed by atoms with Gasteiger partial charge in [-0.1, -0.05) is 0 Å². The second kappa shape index (κ2) is 5.02. The molecule has 2 heterocycles. The van der Waals surface area contributed by atoms with Gasteiger partial charge in [-0.2, -0.15) is 11.8 Å². The predicted octanol–water partition coefficient (Wildman–Crippen LogP) is 2.15. The molecule has 0 amide bonds. The van der Waals surface area contributed by atoms with Crippen LogP contribution < -0.4 is 10.5 Å². The Hall–Kier alpha value is -1.27. The van der Waals surface area contributed by atoms with Crippen LogP contribution in [0.5, 0.6) is 0 Å². The third kappa shape index (κ3) is 2.30. The van der Waals surface area contributed by atoms with Crippen LogP contribution in [0.3, 0.4) is 0 Å². The average Bonchev–Trinajstić information content (AvgIpc) is 2.46. The van der Waals surface area contributed by atoms with Crippen molar-refractivity contribution in [3.05, 3.63) is 33.3 Å². The van der Waals surface area contributed by atoms with Gasteiger partial charge in [-0.3, -0.25) is 9.36 Å². The Bertz CT molecular complexity index is 729. The largest absolute Gasteiger partial charge is 0.370 e. The number of aromatic amines is 1. The number of aromatic nitrogens is 2. The molecule has 1 saturated heterocycles. The number of hydrogen-bond acceptors (Lipinski definition) is 4.